The molecule has 3 nitrogen and oxygen atoms in total. The van der Waals surface area contributed by atoms with Crippen molar-refractivity contribution in [2.24, 2.45) is 17.6 Å². The van der Waals surface area contributed by atoms with E-state index in [0.717, 1.165) is 19.3 Å². The van der Waals surface area contributed by atoms with Gasteiger partial charge in [0.2, 0.25) is 5.91 Å². The largest absolute Gasteiger partial charge is 0.352 e. The lowest BCUT2D eigenvalue weighted by molar-refractivity contribution is -0.123. The molecule has 2 atom stereocenters. The second-order valence-corrected chi connectivity index (χ2v) is 5.62. The highest BCUT2D eigenvalue weighted by Gasteiger charge is 2.16. The fraction of sp³-hybridized carbons (Fsp3) is 0.923. The maximum absolute atomic E-state index is 11.7. The number of rotatable bonds is 7. The average Bonchev–Trinajstić information content (AvgIpc) is 2.13. The molecule has 0 bridgehead atoms. The van der Waals surface area contributed by atoms with E-state index in [1.54, 1.807) is 0 Å². The standard InChI is InChI=1S/C13H28N2O/c1-9(2)6-7-11(5)15-13(16)12(14)8-10(3)4/h9-12H,6-8,14H2,1-5H3,(H,15,16)/t11?,12-/m0/s1. The first-order chi connectivity index (χ1) is 7.32. The smallest absolute Gasteiger partial charge is 0.237 e. The molecule has 0 aromatic rings. The molecule has 1 unspecified atom stereocenters. The molecule has 0 aliphatic rings. The summed E-state index contributed by atoms with van der Waals surface area (Å²) in [6.45, 7) is 10.6. The van der Waals surface area contributed by atoms with Gasteiger partial charge >= 0.3 is 0 Å². The highest BCUT2D eigenvalue weighted by atomic mass is 16.2. The third kappa shape index (κ3) is 7.69. The van der Waals surface area contributed by atoms with Crippen LogP contribution in [0.5, 0.6) is 0 Å². The molecule has 3 N–H and O–H groups in total. The Morgan fingerprint density at radius 3 is 2.06 bits per heavy atom. The molecular weight excluding hydrogens is 200 g/mol. The van der Waals surface area contributed by atoms with Crippen LogP contribution in [-0.4, -0.2) is 18.0 Å². The van der Waals surface area contributed by atoms with Gasteiger partial charge in [-0.15, -0.1) is 0 Å². The van der Waals surface area contributed by atoms with Crippen molar-refractivity contribution < 1.29 is 4.79 Å². The van der Waals surface area contributed by atoms with Gasteiger partial charge in [-0.1, -0.05) is 27.7 Å². The minimum Gasteiger partial charge on any atom is -0.352 e. The number of carbonyl (C=O) groups excluding carboxylic acids is 1. The predicted molar refractivity (Wildman–Crippen MR) is 69.1 cm³/mol. The van der Waals surface area contributed by atoms with E-state index in [1.165, 1.54) is 0 Å². The normalized spacial score (nSPS) is 15.2. The summed E-state index contributed by atoms with van der Waals surface area (Å²) in [5.41, 5.74) is 5.81. The van der Waals surface area contributed by atoms with Gasteiger partial charge < -0.3 is 11.1 Å². The van der Waals surface area contributed by atoms with E-state index in [-0.39, 0.29) is 18.0 Å². The first kappa shape index (κ1) is 15.4. The van der Waals surface area contributed by atoms with Crippen molar-refractivity contribution in [3.63, 3.8) is 0 Å². The quantitative estimate of drug-likeness (QED) is 0.702. The van der Waals surface area contributed by atoms with Crippen LogP contribution in [0.25, 0.3) is 0 Å². The van der Waals surface area contributed by atoms with E-state index >= 15 is 0 Å². The Bertz CT molecular complexity index is 202. The van der Waals surface area contributed by atoms with Crippen molar-refractivity contribution in [2.45, 2.75) is 66.0 Å². The topological polar surface area (TPSA) is 55.1 Å². The van der Waals surface area contributed by atoms with Crippen molar-refractivity contribution in [1.82, 2.24) is 5.32 Å². The first-order valence-electron chi connectivity index (χ1n) is 6.38. The number of carbonyl (C=O) groups is 1. The molecule has 0 radical (unpaired) electrons. The van der Waals surface area contributed by atoms with Gasteiger partial charge in [0.05, 0.1) is 6.04 Å². The molecule has 0 rings (SSSR count). The van der Waals surface area contributed by atoms with E-state index in [0.29, 0.717) is 11.8 Å². The van der Waals surface area contributed by atoms with Crippen LogP contribution in [0.4, 0.5) is 0 Å². The molecule has 16 heavy (non-hydrogen) atoms. The van der Waals surface area contributed by atoms with Gasteiger partial charge in [-0.25, -0.2) is 0 Å². The number of amides is 1. The number of nitrogens with two attached hydrogens (primary N) is 1. The molecular formula is C13H28N2O. The summed E-state index contributed by atoms with van der Waals surface area (Å²) in [6, 6.07) is -0.130. The van der Waals surface area contributed by atoms with E-state index in [4.69, 9.17) is 5.73 Å². The van der Waals surface area contributed by atoms with Gasteiger partial charge in [0, 0.05) is 6.04 Å². The second kappa shape index (κ2) is 7.66. The molecule has 0 saturated carbocycles. The molecule has 0 aromatic carbocycles. The van der Waals surface area contributed by atoms with E-state index in [1.807, 2.05) is 6.92 Å². The highest BCUT2D eigenvalue weighted by Crippen LogP contribution is 2.07. The predicted octanol–water partition coefficient (Wildman–Crippen LogP) is 2.30. The van der Waals surface area contributed by atoms with Crippen LogP contribution < -0.4 is 11.1 Å². The van der Waals surface area contributed by atoms with Crippen LogP contribution in [0.15, 0.2) is 0 Å². The maximum atomic E-state index is 11.7. The zero-order chi connectivity index (χ0) is 12.7. The van der Waals surface area contributed by atoms with Crippen LogP contribution >= 0.6 is 0 Å². The number of hydrogen-bond acceptors (Lipinski definition) is 2. The van der Waals surface area contributed by atoms with Crippen LogP contribution in [0.1, 0.15) is 53.9 Å². The third-order valence-electron chi connectivity index (χ3n) is 2.63. The highest BCUT2D eigenvalue weighted by molar-refractivity contribution is 5.81. The van der Waals surface area contributed by atoms with Crippen LogP contribution in [0, 0.1) is 11.8 Å². The lowest BCUT2D eigenvalue weighted by atomic mass is 10.0. The molecule has 1 amide bonds. The SMILES string of the molecule is CC(C)CCC(C)NC(=O)[C@@H](N)CC(C)C. The molecule has 0 aliphatic heterocycles. The van der Waals surface area contributed by atoms with Crippen LogP contribution in [0.2, 0.25) is 0 Å². The first-order valence-corrected chi connectivity index (χ1v) is 6.38. The van der Waals surface area contributed by atoms with Crippen LogP contribution in [0.3, 0.4) is 0 Å². The third-order valence-corrected chi connectivity index (χ3v) is 2.63. The van der Waals surface area contributed by atoms with Gasteiger partial charge in [0.15, 0.2) is 0 Å². The molecule has 0 heterocycles. The summed E-state index contributed by atoms with van der Waals surface area (Å²) in [7, 11) is 0. The zero-order valence-electron chi connectivity index (χ0n) is 11.4. The van der Waals surface area contributed by atoms with Crippen LogP contribution in [-0.2, 0) is 4.79 Å². The Balaban J connectivity index is 3.85. The fourth-order valence-corrected chi connectivity index (χ4v) is 1.62. The van der Waals surface area contributed by atoms with Gasteiger partial charge in [-0.05, 0) is 38.0 Å². The molecule has 96 valence electrons. The van der Waals surface area contributed by atoms with Crippen molar-refractivity contribution in [1.29, 1.82) is 0 Å². The van der Waals surface area contributed by atoms with Gasteiger partial charge in [0.25, 0.3) is 0 Å². The Kier molecular flexibility index (Phi) is 7.39. The summed E-state index contributed by atoms with van der Waals surface area (Å²) in [6.07, 6.45) is 2.92. The van der Waals surface area contributed by atoms with Gasteiger partial charge in [-0.3, -0.25) is 4.79 Å². The van der Waals surface area contributed by atoms with Crippen molar-refractivity contribution in [3.8, 4) is 0 Å². The molecule has 0 fully saturated rings. The maximum Gasteiger partial charge on any atom is 0.237 e. The Labute approximate surface area is 100 Å². The van der Waals surface area contributed by atoms with Gasteiger partial charge in [-0.2, -0.15) is 0 Å². The summed E-state index contributed by atoms with van der Waals surface area (Å²) >= 11 is 0. The van der Waals surface area contributed by atoms with E-state index in [2.05, 4.69) is 33.0 Å². The van der Waals surface area contributed by atoms with Crippen molar-refractivity contribution in [3.05, 3.63) is 0 Å². The van der Waals surface area contributed by atoms with Crippen molar-refractivity contribution in [2.75, 3.05) is 0 Å². The lowest BCUT2D eigenvalue weighted by Crippen LogP contribution is -2.45. The second-order valence-electron chi connectivity index (χ2n) is 5.62. The Morgan fingerprint density at radius 1 is 1.06 bits per heavy atom. The fourth-order valence-electron chi connectivity index (χ4n) is 1.62. The van der Waals surface area contributed by atoms with E-state index in [9.17, 15) is 4.79 Å². The molecule has 0 aliphatic carbocycles. The van der Waals surface area contributed by atoms with E-state index < -0.39 is 0 Å². The monoisotopic (exact) mass is 228 g/mol. The summed E-state index contributed by atoms with van der Waals surface area (Å²) in [5.74, 6) is 1.14. The molecule has 0 spiro atoms. The minimum atomic E-state index is -0.360. The Hall–Kier alpha value is -0.570. The summed E-state index contributed by atoms with van der Waals surface area (Å²) in [4.78, 5) is 11.7. The number of nitrogens with one attached hydrogen (secondary N) is 1. The summed E-state index contributed by atoms with van der Waals surface area (Å²) < 4.78 is 0. The number of hydrogen-bond donors (Lipinski definition) is 2. The molecule has 0 aromatic heterocycles. The molecule has 0 saturated heterocycles. The zero-order valence-corrected chi connectivity index (χ0v) is 11.4. The summed E-state index contributed by atoms with van der Waals surface area (Å²) in [5, 5.41) is 2.98. The lowest BCUT2D eigenvalue weighted by Gasteiger charge is -2.19. The Morgan fingerprint density at radius 2 is 1.62 bits per heavy atom. The van der Waals surface area contributed by atoms with Gasteiger partial charge in [0.1, 0.15) is 0 Å². The van der Waals surface area contributed by atoms with Crippen molar-refractivity contribution >= 4 is 5.91 Å². The average molecular weight is 228 g/mol. The minimum absolute atomic E-state index is 0.00930. The molecule has 3 heteroatoms.